The summed E-state index contributed by atoms with van der Waals surface area (Å²) in [5, 5.41) is 4.43. The molecule has 0 saturated heterocycles. The Morgan fingerprint density at radius 1 is 1.05 bits per heavy atom. The van der Waals surface area contributed by atoms with Crippen LogP contribution in [0.4, 0.5) is 5.69 Å². The number of ether oxygens (including phenoxy) is 2. The summed E-state index contributed by atoms with van der Waals surface area (Å²) in [7, 11) is 0. The first-order valence-electron chi connectivity index (χ1n) is 6.75. The van der Waals surface area contributed by atoms with Crippen LogP contribution in [0.3, 0.4) is 0 Å². The van der Waals surface area contributed by atoms with Gasteiger partial charge in [-0.3, -0.25) is 0 Å². The molecule has 1 unspecified atom stereocenters. The number of nitrogens with one attached hydrogen (secondary N) is 1. The predicted octanol–water partition coefficient (Wildman–Crippen LogP) is 4.94. The monoisotopic (exact) mass is 323 g/mol. The fourth-order valence-corrected chi connectivity index (χ4v) is 2.62. The zero-order valence-electron chi connectivity index (χ0n) is 11.5. The van der Waals surface area contributed by atoms with Crippen LogP contribution in [-0.2, 0) is 0 Å². The highest BCUT2D eigenvalue weighted by Crippen LogP contribution is 2.35. The zero-order valence-corrected chi connectivity index (χ0v) is 13.0. The Kier molecular flexibility index (Phi) is 4.13. The molecule has 3 nitrogen and oxygen atoms in total. The third kappa shape index (κ3) is 3.04. The van der Waals surface area contributed by atoms with Crippen molar-refractivity contribution < 1.29 is 9.47 Å². The van der Waals surface area contributed by atoms with Gasteiger partial charge in [0.2, 0.25) is 0 Å². The first kappa shape index (κ1) is 14.4. The van der Waals surface area contributed by atoms with Crippen LogP contribution in [0.5, 0.6) is 11.5 Å². The first-order chi connectivity index (χ1) is 10.1. The molecule has 110 valence electrons. The van der Waals surface area contributed by atoms with Crippen molar-refractivity contribution in [3.63, 3.8) is 0 Å². The Hall–Kier alpha value is -1.58. The molecule has 0 amide bonds. The molecule has 0 aromatic heterocycles. The lowest BCUT2D eigenvalue weighted by molar-refractivity contribution is 0.171. The van der Waals surface area contributed by atoms with Gasteiger partial charge in [-0.2, -0.15) is 0 Å². The van der Waals surface area contributed by atoms with Crippen LogP contribution in [0.2, 0.25) is 10.0 Å². The maximum absolute atomic E-state index is 6.20. The van der Waals surface area contributed by atoms with Crippen molar-refractivity contribution in [2.75, 3.05) is 18.5 Å². The number of halogens is 2. The van der Waals surface area contributed by atoms with E-state index in [4.69, 9.17) is 32.7 Å². The summed E-state index contributed by atoms with van der Waals surface area (Å²) in [4.78, 5) is 0. The lowest BCUT2D eigenvalue weighted by Gasteiger charge is -2.22. The SMILES string of the molecule is CC(Nc1cccc(Cl)c1Cl)c1ccc2c(c1)OCCO2. The molecule has 1 aliphatic heterocycles. The van der Waals surface area contributed by atoms with Gasteiger partial charge < -0.3 is 14.8 Å². The zero-order chi connectivity index (χ0) is 14.8. The number of hydrogen-bond acceptors (Lipinski definition) is 3. The van der Waals surface area contributed by atoms with E-state index in [-0.39, 0.29) is 6.04 Å². The van der Waals surface area contributed by atoms with Crippen molar-refractivity contribution in [2.45, 2.75) is 13.0 Å². The normalized spacial score (nSPS) is 14.6. The average Bonchev–Trinajstić information content (AvgIpc) is 2.51. The van der Waals surface area contributed by atoms with Gasteiger partial charge in [0.05, 0.1) is 15.7 Å². The molecule has 1 aliphatic rings. The number of benzene rings is 2. The maximum atomic E-state index is 6.20. The van der Waals surface area contributed by atoms with Gasteiger partial charge >= 0.3 is 0 Å². The minimum atomic E-state index is 0.0665. The molecule has 2 aromatic carbocycles. The van der Waals surface area contributed by atoms with E-state index < -0.39 is 0 Å². The molecule has 21 heavy (non-hydrogen) atoms. The molecule has 3 rings (SSSR count). The second kappa shape index (κ2) is 6.04. The van der Waals surface area contributed by atoms with Crippen LogP contribution in [-0.4, -0.2) is 13.2 Å². The number of anilines is 1. The highest BCUT2D eigenvalue weighted by Gasteiger charge is 2.15. The van der Waals surface area contributed by atoms with Crippen molar-refractivity contribution in [1.82, 2.24) is 0 Å². The van der Waals surface area contributed by atoms with Gasteiger partial charge in [-0.1, -0.05) is 35.3 Å². The van der Waals surface area contributed by atoms with E-state index in [0.717, 1.165) is 22.7 Å². The molecule has 0 fully saturated rings. The van der Waals surface area contributed by atoms with E-state index in [2.05, 4.69) is 12.2 Å². The Labute approximate surface area is 133 Å². The van der Waals surface area contributed by atoms with E-state index >= 15 is 0 Å². The molecule has 5 heteroatoms. The van der Waals surface area contributed by atoms with Gasteiger partial charge in [0.25, 0.3) is 0 Å². The summed E-state index contributed by atoms with van der Waals surface area (Å²) in [6.07, 6.45) is 0. The highest BCUT2D eigenvalue weighted by atomic mass is 35.5. The lowest BCUT2D eigenvalue weighted by atomic mass is 10.1. The molecule has 0 spiro atoms. The summed E-state index contributed by atoms with van der Waals surface area (Å²) < 4.78 is 11.1. The van der Waals surface area contributed by atoms with Crippen molar-refractivity contribution in [2.24, 2.45) is 0 Å². The predicted molar refractivity (Wildman–Crippen MR) is 85.9 cm³/mol. The summed E-state index contributed by atoms with van der Waals surface area (Å²) >= 11 is 12.2. The molecule has 1 N–H and O–H groups in total. The van der Waals surface area contributed by atoms with E-state index in [0.29, 0.717) is 23.3 Å². The van der Waals surface area contributed by atoms with Crippen molar-refractivity contribution >= 4 is 28.9 Å². The molecule has 0 aliphatic carbocycles. The largest absolute Gasteiger partial charge is 0.486 e. The minimum absolute atomic E-state index is 0.0665. The Morgan fingerprint density at radius 2 is 1.81 bits per heavy atom. The maximum Gasteiger partial charge on any atom is 0.161 e. The Morgan fingerprint density at radius 3 is 2.62 bits per heavy atom. The smallest absolute Gasteiger partial charge is 0.161 e. The van der Waals surface area contributed by atoms with Gasteiger partial charge in [0.15, 0.2) is 11.5 Å². The van der Waals surface area contributed by atoms with Crippen LogP contribution in [0.25, 0.3) is 0 Å². The summed E-state index contributed by atoms with van der Waals surface area (Å²) in [5.41, 5.74) is 1.90. The van der Waals surface area contributed by atoms with Crippen molar-refractivity contribution in [3.8, 4) is 11.5 Å². The highest BCUT2D eigenvalue weighted by molar-refractivity contribution is 6.43. The van der Waals surface area contributed by atoms with Gasteiger partial charge in [-0.15, -0.1) is 0 Å². The summed E-state index contributed by atoms with van der Waals surface area (Å²) in [6, 6.07) is 11.5. The van der Waals surface area contributed by atoms with E-state index in [1.807, 2.05) is 30.3 Å². The van der Waals surface area contributed by atoms with Crippen LogP contribution < -0.4 is 14.8 Å². The number of hydrogen-bond donors (Lipinski definition) is 1. The second-order valence-corrected chi connectivity index (χ2v) is 5.66. The molecule has 0 saturated carbocycles. The third-order valence-corrected chi connectivity index (χ3v) is 4.21. The van der Waals surface area contributed by atoms with Crippen LogP contribution >= 0.6 is 23.2 Å². The number of fused-ring (bicyclic) bond motifs is 1. The minimum Gasteiger partial charge on any atom is -0.486 e. The number of rotatable bonds is 3. The molecule has 1 heterocycles. The van der Waals surface area contributed by atoms with E-state index in [9.17, 15) is 0 Å². The van der Waals surface area contributed by atoms with Gasteiger partial charge in [-0.05, 0) is 36.8 Å². The Bertz CT molecular complexity index is 661. The fourth-order valence-electron chi connectivity index (χ4n) is 2.26. The third-order valence-electron chi connectivity index (χ3n) is 3.39. The second-order valence-electron chi connectivity index (χ2n) is 4.87. The van der Waals surface area contributed by atoms with Crippen molar-refractivity contribution in [1.29, 1.82) is 0 Å². The van der Waals surface area contributed by atoms with E-state index in [1.54, 1.807) is 6.07 Å². The quantitative estimate of drug-likeness (QED) is 0.868. The average molecular weight is 324 g/mol. The van der Waals surface area contributed by atoms with Crippen LogP contribution in [0.15, 0.2) is 36.4 Å². The van der Waals surface area contributed by atoms with Crippen LogP contribution in [0, 0.1) is 0 Å². The first-order valence-corrected chi connectivity index (χ1v) is 7.51. The summed E-state index contributed by atoms with van der Waals surface area (Å²) in [6.45, 7) is 3.24. The molecular formula is C16H15Cl2NO2. The standard InChI is InChI=1S/C16H15Cl2NO2/c1-10(19-13-4-2-3-12(17)16(13)18)11-5-6-14-15(9-11)21-8-7-20-14/h2-6,9-10,19H,7-8H2,1H3. The molecule has 0 bridgehead atoms. The van der Waals surface area contributed by atoms with Gasteiger partial charge in [0.1, 0.15) is 13.2 Å². The Balaban J connectivity index is 1.82. The molecular weight excluding hydrogens is 309 g/mol. The topological polar surface area (TPSA) is 30.5 Å². The molecule has 2 aromatic rings. The van der Waals surface area contributed by atoms with Crippen molar-refractivity contribution in [3.05, 3.63) is 52.0 Å². The molecule has 1 atom stereocenters. The molecule has 0 radical (unpaired) electrons. The van der Waals surface area contributed by atoms with Crippen LogP contribution in [0.1, 0.15) is 18.5 Å². The fraction of sp³-hybridized carbons (Fsp3) is 0.250. The van der Waals surface area contributed by atoms with E-state index in [1.165, 1.54) is 0 Å². The summed E-state index contributed by atoms with van der Waals surface area (Å²) in [5.74, 6) is 1.57. The van der Waals surface area contributed by atoms with Gasteiger partial charge in [0, 0.05) is 6.04 Å². The van der Waals surface area contributed by atoms with Gasteiger partial charge in [-0.25, -0.2) is 0 Å². The lowest BCUT2D eigenvalue weighted by Crippen LogP contribution is -2.16.